The maximum Gasteiger partial charge on any atom is 0.123 e. The number of methoxy groups -OCH3 is 1. The molecule has 1 heterocycles. The van der Waals surface area contributed by atoms with Crippen LogP contribution in [0.25, 0.3) is 0 Å². The molecule has 4 nitrogen and oxygen atoms in total. The number of hydrogen-bond acceptors (Lipinski definition) is 2. The molecular formula is C25H32FN2O2+. The highest BCUT2D eigenvalue weighted by Gasteiger charge is 2.18. The number of nitrogens with zero attached hydrogens (tertiary/aromatic N) is 1. The summed E-state index contributed by atoms with van der Waals surface area (Å²) >= 11 is 0. The number of aliphatic hydroxyl groups excluding tert-OH is 1. The van der Waals surface area contributed by atoms with Crippen LogP contribution in [0.1, 0.15) is 23.2 Å². The van der Waals surface area contributed by atoms with Gasteiger partial charge in [0.1, 0.15) is 25.0 Å². The number of ether oxygens (including phenoxy) is 1. The summed E-state index contributed by atoms with van der Waals surface area (Å²) in [5, 5.41) is 10.7. The van der Waals surface area contributed by atoms with E-state index in [9.17, 15) is 9.50 Å². The molecule has 0 spiro atoms. The van der Waals surface area contributed by atoms with Crippen LogP contribution in [0, 0.1) is 5.82 Å². The molecule has 2 aromatic carbocycles. The Hall–Kier alpha value is -2.47. The predicted octanol–water partition coefficient (Wildman–Crippen LogP) is 2.70. The first-order valence-electron chi connectivity index (χ1n) is 10.6. The summed E-state index contributed by atoms with van der Waals surface area (Å²) < 4.78 is 20.9. The lowest BCUT2D eigenvalue weighted by Crippen LogP contribution is -3.12. The van der Waals surface area contributed by atoms with Crippen LogP contribution < -0.4 is 4.90 Å². The fourth-order valence-electron chi connectivity index (χ4n) is 3.87. The number of rotatable bonds is 12. The number of halogens is 1. The zero-order valence-electron chi connectivity index (χ0n) is 17.6. The van der Waals surface area contributed by atoms with Crippen LogP contribution in [0.3, 0.4) is 0 Å². The first-order chi connectivity index (χ1) is 14.6. The third-order valence-corrected chi connectivity index (χ3v) is 5.31. The summed E-state index contributed by atoms with van der Waals surface area (Å²) in [6.07, 6.45) is 3.22. The Morgan fingerprint density at radius 1 is 1.03 bits per heavy atom. The Labute approximate surface area is 178 Å². The van der Waals surface area contributed by atoms with E-state index >= 15 is 0 Å². The molecule has 30 heavy (non-hydrogen) atoms. The summed E-state index contributed by atoms with van der Waals surface area (Å²) in [6.45, 7) is 3.74. The number of quaternary nitrogens is 1. The van der Waals surface area contributed by atoms with Gasteiger partial charge in [-0.1, -0.05) is 42.5 Å². The molecule has 0 radical (unpaired) electrons. The minimum absolute atomic E-state index is 0.211. The molecule has 2 N–H and O–H groups in total. The van der Waals surface area contributed by atoms with E-state index in [1.165, 1.54) is 16.7 Å². The van der Waals surface area contributed by atoms with Gasteiger partial charge in [0.15, 0.2) is 0 Å². The minimum atomic E-state index is -0.406. The van der Waals surface area contributed by atoms with Crippen molar-refractivity contribution in [2.45, 2.75) is 32.0 Å². The average molecular weight is 412 g/mol. The summed E-state index contributed by atoms with van der Waals surface area (Å²) in [4.78, 5) is 1.31. The first-order valence-corrected chi connectivity index (χ1v) is 10.6. The van der Waals surface area contributed by atoms with Gasteiger partial charge < -0.3 is 19.3 Å². The van der Waals surface area contributed by atoms with E-state index in [0.717, 1.165) is 30.6 Å². The molecule has 0 bridgehead atoms. The van der Waals surface area contributed by atoms with Crippen molar-refractivity contribution in [1.82, 2.24) is 4.57 Å². The Morgan fingerprint density at radius 2 is 1.83 bits per heavy atom. The Morgan fingerprint density at radius 3 is 2.60 bits per heavy atom. The summed E-state index contributed by atoms with van der Waals surface area (Å²) in [5.41, 5.74) is 3.27. The summed E-state index contributed by atoms with van der Waals surface area (Å²) in [6, 6.07) is 21.0. The molecule has 0 saturated heterocycles. The third kappa shape index (κ3) is 7.10. The molecule has 3 aromatic rings. The van der Waals surface area contributed by atoms with Crippen LogP contribution in [0.15, 0.2) is 72.9 Å². The summed E-state index contributed by atoms with van der Waals surface area (Å²) in [7, 11) is 1.72. The van der Waals surface area contributed by atoms with Gasteiger partial charge in [-0.2, -0.15) is 0 Å². The molecule has 0 saturated carbocycles. The lowest BCUT2D eigenvalue weighted by Gasteiger charge is -2.23. The van der Waals surface area contributed by atoms with Crippen LogP contribution in [0.5, 0.6) is 0 Å². The normalized spacial score (nSPS) is 13.3. The first kappa shape index (κ1) is 22.2. The van der Waals surface area contributed by atoms with Gasteiger partial charge in [-0.05, 0) is 35.4 Å². The van der Waals surface area contributed by atoms with E-state index in [1.54, 1.807) is 19.2 Å². The zero-order valence-corrected chi connectivity index (χ0v) is 17.6. The van der Waals surface area contributed by atoms with Crippen molar-refractivity contribution in [3.63, 3.8) is 0 Å². The van der Waals surface area contributed by atoms with Gasteiger partial charge in [0.25, 0.3) is 0 Å². The Bertz CT molecular complexity index is 882. The number of aliphatic hydroxyl groups is 1. The molecule has 5 heteroatoms. The molecule has 1 aromatic heterocycles. The minimum Gasteiger partial charge on any atom is -0.387 e. The van der Waals surface area contributed by atoms with E-state index in [2.05, 4.69) is 22.8 Å². The van der Waals surface area contributed by atoms with Crippen LogP contribution in [-0.4, -0.2) is 42.6 Å². The second-order valence-electron chi connectivity index (χ2n) is 7.83. The van der Waals surface area contributed by atoms with Gasteiger partial charge in [-0.15, -0.1) is 0 Å². The smallest absolute Gasteiger partial charge is 0.123 e. The molecule has 160 valence electrons. The topological polar surface area (TPSA) is 38.8 Å². The molecule has 0 aliphatic carbocycles. The molecule has 0 fully saturated rings. The van der Waals surface area contributed by atoms with E-state index in [1.807, 2.05) is 36.5 Å². The predicted molar refractivity (Wildman–Crippen MR) is 117 cm³/mol. The molecule has 0 aliphatic rings. The van der Waals surface area contributed by atoms with Crippen LogP contribution in [0.2, 0.25) is 0 Å². The molecule has 0 amide bonds. The molecule has 2 atom stereocenters. The highest BCUT2D eigenvalue weighted by molar-refractivity contribution is 5.19. The maximum absolute atomic E-state index is 13.5. The SMILES string of the molecule is COCCC[NH+](Cc1cccn1Cc1cccc(F)c1)C[C@H](O)Cc1ccccc1. The zero-order chi connectivity index (χ0) is 21.2. The van der Waals surface area contributed by atoms with E-state index in [0.29, 0.717) is 26.1 Å². The van der Waals surface area contributed by atoms with Crippen molar-refractivity contribution < 1.29 is 19.1 Å². The number of nitrogens with one attached hydrogen (secondary N) is 1. The number of aromatic nitrogens is 1. The Kier molecular flexibility index (Phi) is 8.63. The van der Waals surface area contributed by atoms with Gasteiger partial charge in [0.05, 0.1) is 18.8 Å². The van der Waals surface area contributed by atoms with E-state index in [-0.39, 0.29) is 5.82 Å². The van der Waals surface area contributed by atoms with Crippen molar-refractivity contribution in [1.29, 1.82) is 0 Å². The fourth-order valence-corrected chi connectivity index (χ4v) is 3.87. The standard InChI is InChI=1S/C25H31FN2O2/c1-30-15-7-13-27(20-25(29)17-21-8-3-2-4-9-21)19-24-12-6-14-28(24)18-22-10-5-11-23(26)16-22/h2-6,8-12,14,16,25,29H,7,13,15,17-20H2,1H3/p+1/t25-/m1/s1. The number of hydrogen-bond donors (Lipinski definition) is 2. The van der Waals surface area contributed by atoms with Gasteiger partial charge in [-0.25, -0.2) is 4.39 Å². The van der Waals surface area contributed by atoms with E-state index in [4.69, 9.17) is 4.74 Å². The molecular weight excluding hydrogens is 379 g/mol. The number of benzene rings is 2. The van der Waals surface area contributed by atoms with Gasteiger partial charge in [0, 0.05) is 32.7 Å². The van der Waals surface area contributed by atoms with Crippen molar-refractivity contribution >= 4 is 0 Å². The Balaban J connectivity index is 1.65. The second-order valence-corrected chi connectivity index (χ2v) is 7.83. The van der Waals surface area contributed by atoms with Gasteiger partial charge in [-0.3, -0.25) is 0 Å². The van der Waals surface area contributed by atoms with Crippen molar-refractivity contribution in [3.8, 4) is 0 Å². The molecule has 3 rings (SSSR count). The van der Waals surface area contributed by atoms with Crippen LogP contribution in [0.4, 0.5) is 4.39 Å². The molecule has 0 aliphatic heterocycles. The van der Waals surface area contributed by atoms with Crippen molar-refractivity contribution in [3.05, 3.63) is 95.6 Å². The average Bonchev–Trinajstić information content (AvgIpc) is 3.15. The maximum atomic E-state index is 13.5. The largest absolute Gasteiger partial charge is 0.387 e. The second kappa shape index (κ2) is 11.6. The quantitative estimate of drug-likeness (QED) is 0.450. The van der Waals surface area contributed by atoms with Crippen LogP contribution >= 0.6 is 0 Å². The summed E-state index contributed by atoms with van der Waals surface area (Å²) in [5.74, 6) is -0.211. The highest BCUT2D eigenvalue weighted by atomic mass is 19.1. The monoisotopic (exact) mass is 411 g/mol. The van der Waals surface area contributed by atoms with Crippen LogP contribution in [-0.2, 0) is 24.2 Å². The van der Waals surface area contributed by atoms with Gasteiger partial charge >= 0.3 is 0 Å². The third-order valence-electron chi connectivity index (χ3n) is 5.31. The van der Waals surface area contributed by atoms with Gasteiger partial charge in [0.2, 0.25) is 0 Å². The fraction of sp³-hybridized carbons (Fsp3) is 0.360. The lowest BCUT2D eigenvalue weighted by molar-refractivity contribution is -0.917. The van der Waals surface area contributed by atoms with Crippen molar-refractivity contribution in [2.75, 3.05) is 26.8 Å². The highest BCUT2D eigenvalue weighted by Crippen LogP contribution is 2.09. The van der Waals surface area contributed by atoms with Crippen molar-refractivity contribution in [2.24, 2.45) is 0 Å². The lowest BCUT2D eigenvalue weighted by atomic mass is 10.1. The molecule has 1 unspecified atom stereocenters. The van der Waals surface area contributed by atoms with E-state index < -0.39 is 6.10 Å².